The summed E-state index contributed by atoms with van der Waals surface area (Å²) in [6, 6.07) is 15.6. The van der Waals surface area contributed by atoms with E-state index < -0.39 is 0 Å². The van der Waals surface area contributed by atoms with E-state index in [0.29, 0.717) is 11.5 Å². The molecule has 144 valence electrons. The minimum atomic E-state index is -0.0582. The van der Waals surface area contributed by atoms with Crippen molar-refractivity contribution >= 4 is 17.6 Å². The molecule has 5 heteroatoms. The van der Waals surface area contributed by atoms with Crippen LogP contribution in [0.1, 0.15) is 40.7 Å². The molecule has 0 radical (unpaired) electrons. The van der Waals surface area contributed by atoms with Crippen molar-refractivity contribution in [3.05, 3.63) is 65.2 Å². The topological polar surface area (TPSA) is 61.4 Å². The molecule has 2 aromatic carbocycles. The Kier molecular flexibility index (Phi) is 4.30. The number of carbonyl (C=O) groups excluding carboxylic acids is 2. The molecule has 2 N–H and O–H groups in total. The highest BCUT2D eigenvalue weighted by atomic mass is 16.2. The molecule has 0 unspecified atom stereocenters. The van der Waals surface area contributed by atoms with Crippen LogP contribution in [0.4, 0.5) is 10.5 Å². The number of carbonyl (C=O) groups is 2. The normalized spacial score (nSPS) is 24.9. The summed E-state index contributed by atoms with van der Waals surface area (Å²) in [6.07, 6.45) is 5.36. The average molecular weight is 375 g/mol. The summed E-state index contributed by atoms with van der Waals surface area (Å²) < 4.78 is 0. The van der Waals surface area contributed by atoms with Crippen molar-refractivity contribution in [3.8, 4) is 0 Å². The zero-order chi connectivity index (χ0) is 19.1. The first-order valence-corrected chi connectivity index (χ1v) is 10.2. The number of fused-ring (bicyclic) bond motifs is 3. The molecule has 3 amide bonds. The molecule has 2 bridgehead atoms. The largest absolute Gasteiger partial charge is 0.347 e. The van der Waals surface area contributed by atoms with Gasteiger partial charge in [-0.25, -0.2) is 4.79 Å². The number of anilines is 1. The standard InChI is InChI=1S/C23H25N3O2/c27-22(17-5-2-1-3-6-17)25-20-11-15-12-21(20)26(14-15)23(28)24-19-10-9-16-7-4-8-18(16)13-19/h1-3,5-6,9-10,13,15,20-21H,4,7-8,11-12,14H2,(H,24,28)(H,25,27)/t15-,20+,21-/m1/s1. The lowest BCUT2D eigenvalue weighted by Crippen LogP contribution is -2.53. The van der Waals surface area contributed by atoms with Crippen LogP contribution in [0.2, 0.25) is 0 Å². The molecule has 5 rings (SSSR count). The molecule has 28 heavy (non-hydrogen) atoms. The Balaban J connectivity index is 1.25. The van der Waals surface area contributed by atoms with E-state index in [2.05, 4.69) is 22.8 Å². The summed E-state index contributed by atoms with van der Waals surface area (Å²) in [5.74, 6) is 0.411. The van der Waals surface area contributed by atoms with Crippen molar-refractivity contribution in [2.75, 3.05) is 11.9 Å². The Morgan fingerprint density at radius 2 is 1.79 bits per heavy atom. The van der Waals surface area contributed by atoms with Crippen LogP contribution >= 0.6 is 0 Å². The van der Waals surface area contributed by atoms with Gasteiger partial charge in [-0.15, -0.1) is 0 Å². The van der Waals surface area contributed by atoms with Gasteiger partial charge in [-0.2, -0.15) is 0 Å². The van der Waals surface area contributed by atoms with Crippen LogP contribution in [-0.4, -0.2) is 35.5 Å². The lowest BCUT2D eigenvalue weighted by Gasteiger charge is -2.33. The molecule has 1 aliphatic heterocycles. The van der Waals surface area contributed by atoms with Crippen LogP contribution in [-0.2, 0) is 12.8 Å². The fraction of sp³-hybridized carbons (Fsp3) is 0.391. The third-order valence-electron chi connectivity index (χ3n) is 6.44. The van der Waals surface area contributed by atoms with Crippen molar-refractivity contribution in [1.82, 2.24) is 10.2 Å². The van der Waals surface area contributed by atoms with Gasteiger partial charge in [0.05, 0.1) is 6.04 Å². The predicted octanol–water partition coefficient (Wildman–Crippen LogP) is 3.60. The number of nitrogens with zero attached hydrogens (tertiary/aromatic N) is 1. The van der Waals surface area contributed by atoms with Crippen LogP contribution in [0.5, 0.6) is 0 Å². The summed E-state index contributed by atoms with van der Waals surface area (Å²) >= 11 is 0. The third-order valence-corrected chi connectivity index (χ3v) is 6.44. The van der Waals surface area contributed by atoms with E-state index in [1.54, 1.807) is 0 Å². The van der Waals surface area contributed by atoms with E-state index in [1.165, 1.54) is 17.5 Å². The highest BCUT2D eigenvalue weighted by Crippen LogP contribution is 2.38. The maximum Gasteiger partial charge on any atom is 0.322 e. The zero-order valence-corrected chi connectivity index (χ0v) is 15.9. The lowest BCUT2D eigenvalue weighted by atomic mass is 10.1. The summed E-state index contributed by atoms with van der Waals surface area (Å²) in [5.41, 5.74) is 4.30. The number of piperidine rings is 1. The van der Waals surface area contributed by atoms with Crippen LogP contribution in [0, 0.1) is 5.92 Å². The second-order valence-corrected chi connectivity index (χ2v) is 8.27. The van der Waals surface area contributed by atoms with Crippen LogP contribution < -0.4 is 10.6 Å². The van der Waals surface area contributed by atoms with E-state index in [9.17, 15) is 9.59 Å². The number of hydrogen-bond donors (Lipinski definition) is 2. The second kappa shape index (κ2) is 6.97. The fourth-order valence-electron chi connectivity index (χ4n) is 5.10. The first-order valence-electron chi connectivity index (χ1n) is 10.2. The molecule has 1 saturated heterocycles. The minimum Gasteiger partial charge on any atom is -0.347 e. The van der Waals surface area contributed by atoms with E-state index >= 15 is 0 Å². The number of likely N-dealkylation sites (tertiary alicyclic amines) is 1. The van der Waals surface area contributed by atoms with Gasteiger partial charge in [0.25, 0.3) is 5.91 Å². The van der Waals surface area contributed by atoms with Crippen LogP contribution in [0.3, 0.4) is 0 Å². The van der Waals surface area contributed by atoms with E-state index in [-0.39, 0.29) is 24.0 Å². The minimum absolute atomic E-state index is 0.0252. The third kappa shape index (κ3) is 3.15. The summed E-state index contributed by atoms with van der Waals surface area (Å²) in [5, 5.41) is 6.23. The van der Waals surface area contributed by atoms with Gasteiger partial charge in [-0.3, -0.25) is 4.79 Å². The number of benzene rings is 2. The van der Waals surface area contributed by atoms with Crippen molar-refractivity contribution < 1.29 is 9.59 Å². The molecule has 2 aliphatic carbocycles. The van der Waals surface area contributed by atoms with Gasteiger partial charge in [0.2, 0.25) is 0 Å². The number of urea groups is 1. The van der Waals surface area contributed by atoms with Gasteiger partial charge in [-0.05, 0) is 73.4 Å². The molecule has 0 aromatic heterocycles. The lowest BCUT2D eigenvalue weighted by molar-refractivity contribution is 0.0906. The maximum absolute atomic E-state index is 12.9. The number of aryl methyl sites for hydroxylation is 2. The highest BCUT2D eigenvalue weighted by Gasteiger charge is 2.47. The molecule has 3 atom stereocenters. The Labute approximate surface area is 165 Å². The Hall–Kier alpha value is -2.82. The van der Waals surface area contributed by atoms with E-state index in [1.807, 2.05) is 41.3 Å². The molecular formula is C23H25N3O2. The number of amides is 3. The van der Waals surface area contributed by atoms with Crippen molar-refractivity contribution in [3.63, 3.8) is 0 Å². The molecular weight excluding hydrogens is 350 g/mol. The molecule has 2 aromatic rings. The maximum atomic E-state index is 12.9. The van der Waals surface area contributed by atoms with Gasteiger partial charge < -0.3 is 15.5 Å². The van der Waals surface area contributed by atoms with Gasteiger partial charge in [-0.1, -0.05) is 24.3 Å². The Morgan fingerprint density at radius 1 is 0.964 bits per heavy atom. The number of hydrogen-bond acceptors (Lipinski definition) is 2. The van der Waals surface area contributed by atoms with Crippen LogP contribution in [0.15, 0.2) is 48.5 Å². The van der Waals surface area contributed by atoms with Crippen molar-refractivity contribution in [2.45, 2.75) is 44.2 Å². The van der Waals surface area contributed by atoms with Gasteiger partial charge in [0.1, 0.15) is 0 Å². The first-order chi connectivity index (χ1) is 13.7. The monoisotopic (exact) mass is 375 g/mol. The van der Waals surface area contributed by atoms with Crippen LogP contribution in [0.25, 0.3) is 0 Å². The predicted molar refractivity (Wildman–Crippen MR) is 108 cm³/mol. The highest BCUT2D eigenvalue weighted by molar-refractivity contribution is 5.94. The Bertz CT molecular complexity index is 911. The van der Waals surface area contributed by atoms with E-state index in [4.69, 9.17) is 0 Å². The summed E-state index contributed by atoms with van der Waals surface area (Å²) in [4.78, 5) is 27.3. The SMILES string of the molecule is O=C(N[C@H]1C[C@@H]2C[C@H]1N(C(=O)Nc1ccc3c(c1)CCC3)C2)c1ccccc1. The van der Waals surface area contributed by atoms with Crippen molar-refractivity contribution in [1.29, 1.82) is 0 Å². The fourth-order valence-corrected chi connectivity index (χ4v) is 5.10. The number of rotatable bonds is 3. The van der Waals surface area contributed by atoms with E-state index in [0.717, 1.165) is 37.9 Å². The summed E-state index contributed by atoms with van der Waals surface area (Å²) in [7, 11) is 0. The molecule has 1 heterocycles. The molecule has 2 fully saturated rings. The van der Waals surface area contributed by atoms with Gasteiger partial charge in [0.15, 0.2) is 0 Å². The molecule has 1 saturated carbocycles. The van der Waals surface area contributed by atoms with Gasteiger partial charge >= 0.3 is 6.03 Å². The van der Waals surface area contributed by atoms with Gasteiger partial charge in [0, 0.05) is 23.8 Å². The number of nitrogens with one attached hydrogen (secondary N) is 2. The summed E-state index contributed by atoms with van der Waals surface area (Å²) in [6.45, 7) is 0.777. The average Bonchev–Trinajstić information content (AvgIpc) is 3.43. The smallest absolute Gasteiger partial charge is 0.322 e. The van der Waals surface area contributed by atoms with Crippen molar-refractivity contribution in [2.24, 2.45) is 5.92 Å². The molecule has 3 aliphatic rings. The quantitative estimate of drug-likeness (QED) is 0.861. The molecule has 5 nitrogen and oxygen atoms in total. The first kappa shape index (κ1) is 17.3. The second-order valence-electron chi connectivity index (χ2n) is 8.27. The zero-order valence-electron chi connectivity index (χ0n) is 15.9. The molecule has 0 spiro atoms. The Morgan fingerprint density at radius 3 is 2.61 bits per heavy atom.